The molecule has 6 heteroatoms. The lowest BCUT2D eigenvalue weighted by atomic mass is 10.3. The molecule has 18 heavy (non-hydrogen) atoms. The molecule has 0 bridgehead atoms. The van der Waals surface area contributed by atoms with Crippen LogP contribution in [0.1, 0.15) is 16.8 Å². The predicted molar refractivity (Wildman–Crippen MR) is 79.7 cm³/mol. The summed E-state index contributed by atoms with van der Waals surface area (Å²) in [7, 11) is 0. The van der Waals surface area contributed by atoms with E-state index in [1.165, 1.54) is 0 Å². The zero-order valence-electron chi connectivity index (χ0n) is 10.1. The number of amides is 1. The first-order chi connectivity index (χ1) is 8.70. The molecule has 2 rings (SSSR count). The molecule has 0 N–H and O–H groups in total. The highest BCUT2D eigenvalue weighted by atomic mass is 79.9. The molecule has 2 heterocycles. The fourth-order valence-corrected chi connectivity index (χ4v) is 3.49. The Morgan fingerprint density at radius 2 is 2.22 bits per heavy atom. The van der Waals surface area contributed by atoms with Crippen LogP contribution in [0.4, 0.5) is 0 Å². The van der Waals surface area contributed by atoms with Crippen LogP contribution in [-0.4, -0.2) is 54.3 Å². The molecule has 1 saturated heterocycles. The minimum absolute atomic E-state index is 0.143. The van der Waals surface area contributed by atoms with Gasteiger partial charge in [0.25, 0.3) is 5.91 Å². The Morgan fingerprint density at radius 1 is 1.39 bits per heavy atom. The Kier molecular flexibility index (Phi) is 5.48. The molecular formula is C12H16BrClN2OS. The fraction of sp³-hybridized carbons (Fsp3) is 0.583. The van der Waals surface area contributed by atoms with E-state index >= 15 is 0 Å². The monoisotopic (exact) mass is 350 g/mol. The van der Waals surface area contributed by atoms with Gasteiger partial charge in [0.2, 0.25) is 0 Å². The smallest absolute Gasteiger partial charge is 0.254 e. The number of hydrogen-bond donors (Lipinski definition) is 0. The highest BCUT2D eigenvalue weighted by molar-refractivity contribution is 9.11. The summed E-state index contributed by atoms with van der Waals surface area (Å²) in [5, 5.41) is 1.91. The minimum atomic E-state index is 0.143. The van der Waals surface area contributed by atoms with Crippen molar-refractivity contribution in [2.75, 3.05) is 38.6 Å². The van der Waals surface area contributed by atoms with E-state index in [0.717, 1.165) is 48.5 Å². The van der Waals surface area contributed by atoms with Crippen LogP contribution < -0.4 is 0 Å². The number of thiophene rings is 1. The van der Waals surface area contributed by atoms with Crippen molar-refractivity contribution in [1.29, 1.82) is 0 Å². The summed E-state index contributed by atoms with van der Waals surface area (Å²) in [5.41, 5.74) is 0.790. The Hall–Kier alpha value is -0.100. The summed E-state index contributed by atoms with van der Waals surface area (Å²) < 4.78 is 1.00. The largest absolute Gasteiger partial charge is 0.337 e. The van der Waals surface area contributed by atoms with Crippen molar-refractivity contribution in [2.45, 2.75) is 6.42 Å². The zero-order valence-corrected chi connectivity index (χ0v) is 13.2. The molecule has 1 aliphatic heterocycles. The minimum Gasteiger partial charge on any atom is -0.337 e. The molecule has 0 radical (unpaired) electrons. The Bertz CT molecular complexity index is 413. The normalized spacial score (nSPS) is 17.8. The van der Waals surface area contributed by atoms with Crippen molar-refractivity contribution in [3.63, 3.8) is 0 Å². The number of alkyl halides is 1. The highest BCUT2D eigenvalue weighted by Crippen LogP contribution is 2.22. The third kappa shape index (κ3) is 3.70. The number of nitrogens with zero attached hydrogens (tertiary/aromatic N) is 2. The fourth-order valence-electron chi connectivity index (χ4n) is 2.12. The molecule has 0 aromatic carbocycles. The average Bonchev–Trinajstić information content (AvgIpc) is 2.65. The van der Waals surface area contributed by atoms with Crippen LogP contribution in [0.5, 0.6) is 0 Å². The third-order valence-electron chi connectivity index (χ3n) is 3.09. The quantitative estimate of drug-likeness (QED) is 0.782. The first-order valence-corrected chi connectivity index (χ1v) is 8.23. The van der Waals surface area contributed by atoms with E-state index in [4.69, 9.17) is 11.6 Å². The lowest BCUT2D eigenvalue weighted by Gasteiger charge is -2.21. The van der Waals surface area contributed by atoms with E-state index in [2.05, 4.69) is 20.8 Å². The van der Waals surface area contributed by atoms with Crippen LogP contribution in [0, 0.1) is 0 Å². The summed E-state index contributed by atoms with van der Waals surface area (Å²) in [6, 6.07) is 1.90. The van der Waals surface area contributed by atoms with E-state index in [9.17, 15) is 4.79 Å². The maximum Gasteiger partial charge on any atom is 0.254 e. The number of carbonyl (C=O) groups is 1. The number of hydrogen-bond acceptors (Lipinski definition) is 3. The molecular weight excluding hydrogens is 336 g/mol. The Morgan fingerprint density at radius 3 is 2.89 bits per heavy atom. The van der Waals surface area contributed by atoms with Gasteiger partial charge in [0.15, 0.2) is 0 Å². The highest BCUT2D eigenvalue weighted by Gasteiger charge is 2.20. The number of carbonyl (C=O) groups excluding carboxylic acids is 1. The van der Waals surface area contributed by atoms with Crippen molar-refractivity contribution < 1.29 is 4.79 Å². The van der Waals surface area contributed by atoms with Gasteiger partial charge < -0.3 is 9.80 Å². The molecule has 3 nitrogen and oxygen atoms in total. The van der Waals surface area contributed by atoms with E-state index in [1.54, 1.807) is 11.3 Å². The maximum atomic E-state index is 12.3. The van der Waals surface area contributed by atoms with E-state index in [-0.39, 0.29) is 5.91 Å². The van der Waals surface area contributed by atoms with Gasteiger partial charge >= 0.3 is 0 Å². The molecule has 0 aliphatic carbocycles. The summed E-state index contributed by atoms with van der Waals surface area (Å²) in [6.45, 7) is 4.50. The van der Waals surface area contributed by atoms with Gasteiger partial charge in [-0.3, -0.25) is 4.79 Å². The summed E-state index contributed by atoms with van der Waals surface area (Å²) in [4.78, 5) is 16.6. The van der Waals surface area contributed by atoms with Crippen LogP contribution >= 0.6 is 38.9 Å². The van der Waals surface area contributed by atoms with Crippen LogP contribution in [0.3, 0.4) is 0 Å². The molecule has 0 saturated carbocycles. The lowest BCUT2D eigenvalue weighted by Crippen LogP contribution is -2.35. The summed E-state index contributed by atoms with van der Waals surface area (Å²) in [5.74, 6) is 0.801. The molecule has 100 valence electrons. The topological polar surface area (TPSA) is 23.6 Å². The van der Waals surface area contributed by atoms with Gasteiger partial charge in [0.05, 0.1) is 9.35 Å². The van der Waals surface area contributed by atoms with Crippen molar-refractivity contribution in [2.24, 2.45) is 0 Å². The molecule has 1 aromatic heterocycles. The van der Waals surface area contributed by atoms with Crippen LogP contribution in [0.25, 0.3) is 0 Å². The Labute approximate surface area is 125 Å². The molecule has 0 unspecified atom stereocenters. The van der Waals surface area contributed by atoms with Crippen molar-refractivity contribution in [3.05, 3.63) is 20.8 Å². The molecule has 1 amide bonds. The first-order valence-electron chi connectivity index (χ1n) is 6.02. The summed E-state index contributed by atoms with van der Waals surface area (Å²) >= 11 is 10.7. The van der Waals surface area contributed by atoms with Gasteiger partial charge in [-0.2, -0.15) is 0 Å². The van der Waals surface area contributed by atoms with E-state index in [1.807, 2.05) is 16.3 Å². The van der Waals surface area contributed by atoms with Crippen LogP contribution in [0.2, 0.25) is 0 Å². The van der Waals surface area contributed by atoms with Crippen LogP contribution in [0.15, 0.2) is 15.2 Å². The predicted octanol–water partition coefficient (Wildman–Crippen LogP) is 2.90. The zero-order chi connectivity index (χ0) is 13.0. The molecule has 0 spiro atoms. The van der Waals surface area contributed by atoms with Gasteiger partial charge in [-0.1, -0.05) is 0 Å². The van der Waals surface area contributed by atoms with Gasteiger partial charge in [0.1, 0.15) is 0 Å². The van der Waals surface area contributed by atoms with Crippen LogP contribution in [-0.2, 0) is 0 Å². The standard InChI is InChI=1S/C12H16BrClN2OS/c13-11-8-10(9-18-11)12(17)16-4-1-3-15(5-2-14)6-7-16/h8-9H,1-7H2. The molecule has 0 atom stereocenters. The second kappa shape index (κ2) is 6.89. The lowest BCUT2D eigenvalue weighted by molar-refractivity contribution is 0.0762. The van der Waals surface area contributed by atoms with Gasteiger partial charge in [0, 0.05) is 37.4 Å². The molecule has 1 aliphatic rings. The van der Waals surface area contributed by atoms with Crippen molar-refractivity contribution in [3.8, 4) is 0 Å². The van der Waals surface area contributed by atoms with Crippen molar-refractivity contribution in [1.82, 2.24) is 9.80 Å². The van der Waals surface area contributed by atoms with Gasteiger partial charge in [-0.15, -0.1) is 22.9 Å². The van der Waals surface area contributed by atoms with E-state index < -0.39 is 0 Å². The second-order valence-corrected chi connectivity index (χ2v) is 6.98. The SMILES string of the molecule is O=C(c1csc(Br)c1)N1CCCN(CCCl)CC1. The average molecular weight is 352 g/mol. The number of halogens is 2. The second-order valence-electron chi connectivity index (χ2n) is 4.32. The Balaban J connectivity index is 1.95. The van der Waals surface area contributed by atoms with Crippen molar-refractivity contribution >= 4 is 44.8 Å². The molecule has 1 aromatic rings. The molecule has 1 fully saturated rings. The summed E-state index contributed by atoms with van der Waals surface area (Å²) in [6.07, 6.45) is 1.02. The maximum absolute atomic E-state index is 12.3. The van der Waals surface area contributed by atoms with E-state index in [0.29, 0.717) is 5.88 Å². The first kappa shape index (κ1) is 14.3. The number of rotatable bonds is 3. The van der Waals surface area contributed by atoms with Gasteiger partial charge in [-0.25, -0.2) is 0 Å². The third-order valence-corrected chi connectivity index (χ3v) is 4.76. The van der Waals surface area contributed by atoms with Gasteiger partial charge in [-0.05, 0) is 35.0 Å².